The normalized spacial score (nSPS) is 11.3. The van der Waals surface area contributed by atoms with Gasteiger partial charge in [-0.3, -0.25) is 9.97 Å². The van der Waals surface area contributed by atoms with Crippen molar-refractivity contribution in [3.63, 3.8) is 0 Å². The monoisotopic (exact) mass is 909 g/mol. The Morgan fingerprint density at radius 2 is 0.662 bits per heavy atom. The van der Waals surface area contributed by atoms with E-state index in [1.165, 1.54) is 0 Å². The standard InChI is InChI=1S/C66H47N5/c1-3-45(4-2)58-59(46-24-9-5-10-25-46)62(56-38-17-19-40-67-56)63(57-39-18-20-41-68-57)60(47-26-11-6-12-27-47)61(58)54-36-22-34-52(43-54)50-32-21-33-51(42-50)53-35-23-37-55(44-53)66-70-64(48-28-13-7-14-29-48)69-65(71-66)49-30-15-8-16-31-49/h3-44H,1H2,2H3/b45-4+. The molecule has 3 heterocycles. The number of rotatable bonds is 12. The van der Waals surface area contributed by atoms with E-state index in [2.05, 4.69) is 177 Å². The Hall–Kier alpha value is -9.45. The van der Waals surface area contributed by atoms with Gasteiger partial charge in [0.15, 0.2) is 17.5 Å². The first-order valence-corrected chi connectivity index (χ1v) is 23.8. The summed E-state index contributed by atoms with van der Waals surface area (Å²) in [5, 5.41) is 0. The summed E-state index contributed by atoms with van der Waals surface area (Å²) in [6.07, 6.45) is 7.89. The second-order valence-corrected chi connectivity index (χ2v) is 17.1. The van der Waals surface area contributed by atoms with Gasteiger partial charge in [-0.1, -0.05) is 207 Å². The van der Waals surface area contributed by atoms with Crippen LogP contribution in [0.5, 0.6) is 0 Å². The maximum absolute atomic E-state index is 5.10. The van der Waals surface area contributed by atoms with E-state index < -0.39 is 0 Å². The molecule has 0 spiro atoms. The van der Waals surface area contributed by atoms with Crippen LogP contribution in [0.1, 0.15) is 12.5 Å². The third-order valence-corrected chi connectivity index (χ3v) is 12.8. The zero-order valence-corrected chi connectivity index (χ0v) is 39.2. The number of nitrogens with zero attached hydrogens (tertiary/aromatic N) is 5. The molecule has 0 atom stereocenters. The summed E-state index contributed by atoms with van der Waals surface area (Å²) in [5.41, 5.74) is 19.3. The first-order valence-electron chi connectivity index (χ1n) is 23.8. The van der Waals surface area contributed by atoms with Crippen LogP contribution in [0.3, 0.4) is 0 Å². The average Bonchev–Trinajstić information content (AvgIpc) is 3.46. The van der Waals surface area contributed by atoms with Gasteiger partial charge in [0, 0.05) is 51.3 Å². The third kappa shape index (κ3) is 8.92. The van der Waals surface area contributed by atoms with Crippen molar-refractivity contribution in [1.82, 2.24) is 24.9 Å². The lowest BCUT2D eigenvalue weighted by molar-refractivity contribution is 1.07. The van der Waals surface area contributed by atoms with Crippen LogP contribution in [0.25, 0.3) is 118 Å². The quantitative estimate of drug-likeness (QED) is 0.114. The van der Waals surface area contributed by atoms with Crippen LogP contribution in [0.2, 0.25) is 0 Å². The minimum absolute atomic E-state index is 0.613. The predicted octanol–water partition coefficient (Wildman–Crippen LogP) is 16.9. The molecule has 71 heavy (non-hydrogen) atoms. The summed E-state index contributed by atoms with van der Waals surface area (Å²) in [6.45, 7) is 6.51. The molecular weight excluding hydrogens is 863 g/mol. The molecule has 0 aliphatic heterocycles. The molecule has 0 saturated heterocycles. The summed E-state index contributed by atoms with van der Waals surface area (Å²) >= 11 is 0. The highest BCUT2D eigenvalue weighted by Crippen LogP contribution is 2.54. The number of hydrogen-bond donors (Lipinski definition) is 0. The summed E-state index contributed by atoms with van der Waals surface area (Å²) in [4.78, 5) is 25.2. The SMILES string of the molecule is C=C/C(=C\C)c1c(-c2cccc(-c3cccc(-c4cccc(-c5nc(-c6ccccc6)nc(-c6ccccc6)n5)c4)c3)c2)c(-c2ccccc2)c(-c2ccccn2)c(-c2ccccn2)c1-c1ccccc1. The fourth-order valence-electron chi connectivity index (χ4n) is 9.52. The van der Waals surface area contributed by atoms with Crippen molar-refractivity contribution >= 4 is 5.57 Å². The summed E-state index contributed by atoms with van der Waals surface area (Å²) in [6, 6.07) is 80.0. The maximum Gasteiger partial charge on any atom is 0.164 e. The van der Waals surface area contributed by atoms with Crippen LogP contribution >= 0.6 is 0 Å². The smallest absolute Gasteiger partial charge is 0.164 e. The molecule has 0 radical (unpaired) electrons. The molecule has 0 saturated carbocycles. The molecule has 11 rings (SSSR count). The van der Waals surface area contributed by atoms with Gasteiger partial charge >= 0.3 is 0 Å². The number of allylic oxidation sites excluding steroid dienone is 3. The van der Waals surface area contributed by atoms with E-state index in [0.717, 1.165) is 106 Å². The van der Waals surface area contributed by atoms with Crippen molar-refractivity contribution in [3.8, 4) is 112 Å². The van der Waals surface area contributed by atoms with Gasteiger partial charge < -0.3 is 0 Å². The van der Waals surface area contributed by atoms with Gasteiger partial charge in [-0.2, -0.15) is 0 Å². The highest BCUT2D eigenvalue weighted by molar-refractivity contribution is 6.13. The van der Waals surface area contributed by atoms with E-state index in [1.807, 2.05) is 91.3 Å². The first-order chi connectivity index (χ1) is 35.1. The fourth-order valence-corrected chi connectivity index (χ4v) is 9.52. The van der Waals surface area contributed by atoms with Gasteiger partial charge in [0.2, 0.25) is 0 Å². The summed E-state index contributed by atoms with van der Waals surface area (Å²) < 4.78 is 0. The van der Waals surface area contributed by atoms with Crippen molar-refractivity contribution in [3.05, 3.63) is 267 Å². The second-order valence-electron chi connectivity index (χ2n) is 17.1. The molecule has 0 N–H and O–H groups in total. The number of aromatic nitrogens is 5. The van der Waals surface area contributed by atoms with Crippen LogP contribution < -0.4 is 0 Å². The van der Waals surface area contributed by atoms with E-state index in [1.54, 1.807) is 0 Å². The van der Waals surface area contributed by atoms with Crippen LogP contribution in [0.4, 0.5) is 0 Å². The van der Waals surface area contributed by atoms with Gasteiger partial charge in [-0.25, -0.2) is 15.0 Å². The summed E-state index contributed by atoms with van der Waals surface area (Å²) in [7, 11) is 0. The van der Waals surface area contributed by atoms with Gasteiger partial charge in [0.25, 0.3) is 0 Å². The largest absolute Gasteiger partial charge is 0.256 e. The molecule has 0 bridgehead atoms. The molecular formula is C66H47N5. The Bertz CT molecular complexity index is 3630. The summed E-state index contributed by atoms with van der Waals surface area (Å²) in [5.74, 6) is 1.87. The van der Waals surface area contributed by atoms with E-state index >= 15 is 0 Å². The number of pyridine rings is 2. The molecule has 11 aromatic rings. The van der Waals surface area contributed by atoms with Gasteiger partial charge in [0.1, 0.15) is 0 Å². The molecule has 0 amide bonds. The highest BCUT2D eigenvalue weighted by atomic mass is 15.0. The van der Waals surface area contributed by atoms with Crippen molar-refractivity contribution in [2.75, 3.05) is 0 Å². The zero-order chi connectivity index (χ0) is 47.9. The van der Waals surface area contributed by atoms with Crippen molar-refractivity contribution in [2.45, 2.75) is 6.92 Å². The maximum atomic E-state index is 5.10. The number of hydrogen-bond acceptors (Lipinski definition) is 5. The third-order valence-electron chi connectivity index (χ3n) is 12.8. The minimum Gasteiger partial charge on any atom is -0.256 e. The Labute approximate surface area is 415 Å². The first kappa shape index (κ1) is 44.1. The van der Waals surface area contributed by atoms with Gasteiger partial charge in [-0.05, 0) is 105 Å². The zero-order valence-electron chi connectivity index (χ0n) is 39.2. The molecule has 8 aromatic carbocycles. The van der Waals surface area contributed by atoms with E-state index in [9.17, 15) is 0 Å². The van der Waals surface area contributed by atoms with Gasteiger partial charge in [0.05, 0.1) is 11.4 Å². The topological polar surface area (TPSA) is 64.5 Å². The van der Waals surface area contributed by atoms with Crippen molar-refractivity contribution in [2.24, 2.45) is 0 Å². The molecule has 5 nitrogen and oxygen atoms in total. The lowest BCUT2D eigenvalue weighted by atomic mass is 9.75. The predicted molar refractivity (Wildman–Crippen MR) is 294 cm³/mol. The Morgan fingerprint density at radius 3 is 1.10 bits per heavy atom. The molecule has 0 aliphatic rings. The Balaban J connectivity index is 1.11. The second kappa shape index (κ2) is 20.0. The Morgan fingerprint density at radius 1 is 0.324 bits per heavy atom. The molecule has 5 heteroatoms. The Kier molecular flexibility index (Phi) is 12.4. The fraction of sp³-hybridized carbons (Fsp3) is 0.0152. The van der Waals surface area contributed by atoms with Crippen LogP contribution in [0, 0.1) is 0 Å². The molecule has 0 aliphatic carbocycles. The molecule has 0 fully saturated rings. The highest BCUT2D eigenvalue weighted by Gasteiger charge is 2.30. The van der Waals surface area contributed by atoms with Crippen molar-refractivity contribution in [1.29, 1.82) is 0 Å². The van der Waals surface area contributed by atoms with Crippen LogP contribution in [-0.2, 0) is 0 Å². The average molecular weight is 910 g/mol. The van der Waals surface area contributed by atoms with Crippen LogP contribution in [0.15, 0.2) is 262 Å². The molecule has 3 aromatic heterocycles. The van der Waals surface area contributed by atoms with Gasteiger partial charge in [-0.15, -0.1) is 0 Å². The minimum atomic E-state index is 0.613. The number of benzene rings is 8. The van der Waals surface area contributed by atoms with Crippen LogP contribution in [-0.4, -0.2) is 24.9 Å². The van der Waals surface area contributed by atoms with Crippen molar-refractivity contribution < 1.29 is 0 Å². The van der Waals surface area contributed by atoms with E-state index in [0.29, 0.717) is 17.5 Å². The van der Waals surface area contributed by atoms with E-state index in [-0.39, 0.29) is 0 Å². The molecule has 336 valence electrons. The molecule has 0 unspecified atom stereocenters. The lowest BCUT2D eigenvalue weighted by Crippen LogP contribution is -2.05. The lowest BCUT2D eigenvalue weighted by Gasteiger charge is -2.28. The van der Waals surface area contributed by atoms with E-state index in [4.69, 9.17) is 24.9 Å².